The number of nitrogens with zero attached hydrogens (tertiary/aromatic N) is 1. The first-order valence-electron chi connectivity index (χ1n) is 14.4. The molecule has 0 aromatic carbocycles. The average Bonchev–Trinajstić information content (AvgIpc) is 3.09. The molecule has 200 valence electrons. The van der Waals surface area contributed by atoms with Crippen molar-refractivity contribution in [1.29, 1.82) is 5.26 Å². The Morgan fingerprint density at radius 3 is 2.47 bits per heavy atom. The molecule has 1 unspecified atom stereocenters. The van der Waals surface area contributed by atoms with Gasteiger partial charge in [0.15, 0.2) is 6.61 Å². The van der Waals surface area contributed by atoms with E-state index in [-0.39, 0.29) is 52.2 Å². The highest BCUT2D eigenvalue weighted by Gasteiger charge is 2.64. The first-order chi connectivity index (χ1) is 16.8. The highest BCUT2D eigenvalue weighted by molar-refractivity contribution is 5.73. The summed E-state index contributed by atoms with van der Waals surface area (Å²) in [4.78, 5) is 13.3. The summed E-state index contributed by atoms with van der Waals surface area (Å²) in [6, 6.07) is 1.99. The standard InChI is InChI=1S/C32H49NO3/c1-21(2)9-8-10-22(28(35)36-20-19-33)23-13-17-32(7)25-11-12-26-29(3,4)27(34)15-16-30(26,5)24(25)14-18-31(23,32)6/h9,22-23,26-27,34H,8,10-18,20H2,1-7H3/t22-,23-,26?,27+,30-,31-,32+/m1/s1. The van der Waals surface area contributed by atoms with Gasteiger partial charge in [0.2, 0.25) is 0 Å². The van der Waals surface area contributed by atoms with Gasteiger partial charge in [0.05, 0.1) is 12.0 Å². The van der Waals surface area contributed by atoms with Crippen molar-refractivity contribution < 1.29 is 14.6 Å². The third-order valence-corrected chi connectivity index (χ3v) is 11.9. The lowest BCUT2D eigenvalue weighted by atomic mass is 9.43. The minimum atomic E-state index is -0.209. The number of allylic oxidation sites excluding steroid dienone is 4. The van der Waals surface area contributed by atoms with Gasteiger partial charge in [-0.15, -0.1) is 0 Å². The number of carbonyl (C=O) groups is 1. The average molecular weight is 496 g/mol. The molecule has 0 saturated heterocycles. The van der Waals surface area contributed by atoms with Gasteiger partial charge in [-0.25, -0.2) is 0 Å². The van der Waals surface area contributed by atoms with Crippen molar-refractivity contribution >= 4 is 5.97 Å². The molecule has 0 heterocycles. The number of hydrogen-bond acceptors (Lipinski definition) is 4. The van der Waals surface area contributed by atoms with Gasteiger partial charge in [-0.05, 0) is 112 Å². The number of rotatable bonds is 6. The van der Waals surface area contributed by atoms with Crippen LogP contribution in [0.5, 0.6) is 0 Å². The summed E-state index contributed by atoms with van der Waals surface area (Å²) < 4.78 is 5.45. The largest absolute Gasteiger partial charge is 0.450 e. The molecule has 0 aliphatic heterocycles. The van der Waals surface area contributed by atoms with E-state index in [2.05, 4.69) is 54.5 Å². The van der Waals surface area contributed by atoms with E-state index in [1.54, 1.807) is 11.1 Å². The summed E-state index contributed by atoms with van der Waals surface area (Å²) in [5.41, 5.74) is 4.95. The van der Waals surface area contributed by atoms with E-state index >= 15 is 0 Å². The lowest BCUT2D eigenvalue weighted by Crippen LogP contribution is -2.55. The maximum Gasteiger partial charge on any atom is 0.310 e. The molecule has 0 bridgehead atoms. The predicted molar refractivity (Wildman–Crippen MR) is 144 cm³/mol. The molecule has 7 atom stereocenters. The zero-order valence-electron chi connectivity index (χ0n) is 23.9. The summed E-state index contributed by atoms with van der Waals surface area (Å²) in [5.74, 6) is 0.477. The third-order valence-electron chi connectivity index (χ3n) is 11.9. The molecule has 0 aromatic rings. The van der Waals surface area contributed by atoms with Crippen molar-refractivity contribution in [3.63, 3.8) is 0 Å². The van der Waals surface area contributed by atoms with Gasteiger partial charge in [0.1, 0.15) is 6.07 Å². The lowest BCUT2D eigenvalue weighted by Gasteiger charge is -2.62. The van der Waals surface area contributed by atoms with E-state index in [9.17, 15) is 9.90 Å². The molecule has 0 spiro atoms. The number of esters is 1. The van der Waals surface area contributed by atoms with E-state index in [1.165, 1.54) is 5.57 Å². The molecule has 36 heavy (non-hydrogen) atoms. The van der Waals surface area contributed by atoms with Crippen molar-refractivity contribution in [3.8, 4) is 6.07 Å². The van der Waals surface area contributed by atoms with Crippen LogP contribution in [0.25, 0.3) is 0 Å². The summed E-state index contributed by atoms with van der Waals surface area (Å²) in [6.45, 7) is 16.1. The summed E-state index contributed by atoms with van der Waals surface area (Å²) in [6.07, 6.45) is 12.4. The van der Waals surface area contributed by atoms with Crippen LogP contribution >= 0.6 is 0 Å². The van der Waals surface area contributed by atoms with E-state index < -0.39 is 0 Å². The lowest BCUT2D eigenvalue weighted by molar-refractivity contribution is -0.152. The van der Waals surface area contributed by atoms with Gasteiger partial charge in [-0.1, -0.05) is 57.4 Å². The molecule has 2 fully saturated rings. The van der Waals surface area contributed by atoms with Crippen LogP contribution in [0.3, 0.4) is 0 Å². The van der Waals surface area contributed by atoms with Crippen LogP contribution < -0.4 is 0 Å². The van der Waals surface area contributed by atoms with Gasteiger partial charge in [-0.3, -0.25) is 4.79 Å². The van der Waals surface area contributed by atoms with E-state index in [0.29, 0.717) is 5.92 Å². The second kappa shape index (κ2) is 9.61. The van der Waals surface area contributed by atoms with Crippen LogP contribution in [0.15, 0.2) is 22.8 Å². The van der Waals surface area contributed by atoms with Gasteiger partial charge < -0.3 is 9.84 Å². The van der Waals surface area contributed by atoms with Crippen LogP contribution in [-0.4, -0.2) is 23.8 Å². The normalized spacial score (nSPS) is 39.8. The first kappa shape index (κ1) is 27.4. The number of fused-ring (bicyclic) bond motifs is 4. The Labute approximate surface area is 219 Å². The third kappa shape index (κ3) is 4.09. The number of ether oxygens (including phenoxy) is 1. The Bertz CT molecular complexity index is 982. The van der Waals surface area contributed by atoms with Crippen LogP contribution in [0.4, 0.5) is 0 Å². The molecule has 4 aliphatic rings. The minimum Gasteiger partial charge on any atom is -0.450 e. The van der Waals surface area contributed by atoms with Crippen molar-refractivity contribution in [3.05, 3.63) is 22.8 Å². The van der Waals surface area contributed by atoms with Crippen LogP contribution in [-0.2, 0) is 9.53 Å². The van der Waals surface area contributed by atoms with Crippen LogP contribution in [0, 0.1) is 50.7 Å². The first-order valence-corrected chi connectivity index (χ1v) is 14.4. The Morgan fingerprint density at radius 2 is 1.81 bits per heavy atom. The number of aliphatic hydroxyl groups is 1. The topological polar surface area (TPSA) is 70.3 Å². The fraction of sp³-hybridized carbons (Fsp3) is 0.812. The summed E-state index contributed by atoms with van der Waals surface area (Å²) in [7, 11) is 0. The van der Waals surface area contributed by atoms with Crippen LogP contribution in [0.2, 0.25) is 0 Å². The molecule has 0 radical (unpaired) electrons. The zero-order valence-corrected chi connectivity index (χ0v) is 23.9. The smallest absolute Gasteiger partial charge is 0.310 e. The van der Waals surface area contributed by atoms with Crippen molar-refractivity contribution in [2.45, 2.75) is 119 Å². The predicted octanol–water partition coefficient (Wildman–Crippen LogP) is 7.53. The Balaban J connectivity index is 1.69. The zero-order chi connectivity index (χ0) is 26.5. The van der Waals surface area contributed by atoms with E-state index in [0.717, 1.165) is 64.2 Å². The Hall–Kier alpha value is -1.60. The number of hydrogen-bond donors (Lipinski definition) is 1. The molecule has 4 rings (SSSR count). The summed E-state index contributed by atoms with van der Waals surface area (Å²) in [5, 5.41) is 19.9. The highest BCUT2D eigenvalue weighted by Crippen LogP contribution is 2.72. The van der Waals surface area contributed by atoms with E-state index in [4.69, 9.17) is 10.00 Å². The number of aliphatic hydroxyl groups excluding tert-OH is 1. The van der Waals surface area contributed by atoms with Crippen molar-refractivity contribution in [2.24, 2.45) is 39.4 Å². The van der Waals surface area contributed by atoms with Gasteiger partial charge >= 0.3 is 5.97 Å². The van der Waals surface area contributed by atoms with Crippen molar-refractivity contribution in [1.82, 2.24) is 0 Å². The molecule has 0 amide bonds. The Kier molecular flexibility index (Phi) is 7.32. The highest BCUT2D eigenvalue weighted by atomic mass is 16.5. The summed E-state index contributed by atoms with van der Waals surface area (Å²) >= 11 is 0. The fourth-order valence-corrected chi connectivity index (χ4v) is 9.61. The van der Waals surface area contributed by atoms with Gasteiger partial charge in [0.25, 0.3) is 0 Å². The number of carbonyl (C=O) groups excluding carboxylic acids is 1. The molecule has 2 saturated carbocycles. The monoisotopic (exact) mass is 495 g/mol. The van der Waals surface area contributed by atoms with Gasteiger partial charge in [0, 0.05) is 0 Å². The quantitative estimate of drug-likeness (QED) is 0.305. The molecule has 4 aliphatic carbocycles. The maximum absolute atomic E-state index is 13.3. The SMILES string of the molecule is CC(C)=CCC[C@@H](C(=O)OCC#N)[C@H]1CC[C@@]2(C)C3=C(CC[C@]12C)[C@@]1(C)CC[C@H](O)C(C)(C)C1CC3. The molecule has 4 nitrogen and oxygen atoms in total. The number of nitriles is 1. The maximum atomic E-state index is 13.3. The molecule has 0 aromatic heterocycles. The second-order valence-electron chi connectivity index (χ2n) is 14.0. The Morgan fingerprint density at radius 1 is 1.08 bits per heavy atom. The molecular formula is C32H49NO3. The van der Waals surface area contributed by atoms with Crippen LogP contribution in [0.1, 0.15) is 113 Å². The molecule has 1 N–H and O–H groups in total. The fourth-order valence-electron chi connectivity index (χ4n) is 9.61. The molecule has 4 heteroatoms. The van der Waals surface area contributed by atoms with Crippen molar-refractivity contribution in [2.75, 3.05) is 6.61 Å². The minimum absolute atomic E-state index is 0.0497. The van der Waals surface area contributed by atoms with E-state index in [1.807, 2.05) is 6.07 Å². The molecular weight excluding hydrogens is 446 g/mol. The second-order valence-corrected chi connectivity index (χ2v) is 14.0. The van der Waals surface area contributed by atoms with Gasteiger partial charge in [-0.2, -0.15) is 5.26 Å².